The van der Waals surface area contributed by atoms with Gasteiger partial charge >= 0.3 is 0 Å². The summed E-state index contributed by atoms with van der Waals surface area (Å²) in [6.07, 6.45) is -0.318. The summed E-state index contributed by atoms with van der Waals surface area (Å²) in [5, 5.41) is 0.493. The molecule has 0 unspecified atom stereocenters. The third-order valence-electron chi connectivity index (χ3n) is 5.89. The van der Waals surface area contributed by atoms with E-state index in [9.17, 15) is 13.6 Å². The van der Waals surface area contributed by atoms with Crippen LogP contribution in [0.2, 0.25) is 5.02 Å². The van der Waals surface area contributed by atoms with Crippen LogP contribution in [0.25, 0.3) is 5.57 Å². The fraction of sp³-hybridized carbons (Fsp3) is 0.435. The number of nitrogens with two attached hydrogens (primary N) is 1. The molecule has 2 aliphatic heterocycles. The van der Waals surface area contributed by atoms with Crippen molar-refractivity contribution in [2.75, 3.05) is 39.3 Å². The van der Waals surface area contributed by atoms with Crippen LogP contribution in [0, 0.1) is 19.7 Å². The lowest BCUT2D eigenvalue weighted by atomic mass is 10.1. The third-order valence-corrected chi connectivity index (χ3v) is 6.44. The zero-order valence-electron chi connectivity index (χ0n) is 18.6. The summed E-state index contributed by atoms with van der Waals surface area (Å²) >= 11 is 6.17. The molecule has 1 aromatic heterocycles. The average Bonchev–Trinajstić information content (AvgIpc) is 3.36. The van der Waals surface area contributed by atoms with Crippen molar-refractivity contribution in [3.05, 3.63) is 57.5 Å². The molecule has 7 nitrogen and oxygen atoms in total. The van der Waals surface area contributed by atoms with Gasteiger partial charge in [-0.05, 0) is 32.4 Å². The zero-order chi connectivity index (χ0) is 23.7. The van der Waals surface area contributed by atoms with Crippen molar-refractivity contribution < 1.29 is 18.3 Å². The van der Waals surface area contributed by atoms with Crippen molar-refractivity contribution in [1.29, 1.82) is 0 Å². The molecule has 33 heavy (non-hydrogen) atoms. The molecular formula is C23H26ClF2N5O2. The van der Waals surface area contributed by atoms with Crippen molar-refractivity contribution in [3.63, 3.8) is 0 Å². The number of nitrogens with zero attached hydrogens (tertiary/aromatic N) is 4. The number of rotatable bonds is 6. The number of aromatic nitrogens is 2. The topological polar surface area (TPSA) is 84.6 Å². The van der Waals surface area contributed by atoms with E-state index in [4.69, 9.17) is 22.1 Å². The Bertz CT molecular complexity index is 1090. The number of amides is 1. The number of hydrogen-bond donors (Lipinski definition) is 1. The van der Waals surface area contributed by atoms with E-state index in [2.05, 4.69) is 9.97 Å². The van der Waals surface area contributed by atoms with Crippen molar-refractivity contribution in [3.8, 4) is 5.75 Å². The molecule has 2 aromatic rings. The van der Waals surface area contributed by atoms with Crippen molar-refractivity contribution >= 4 is 23.1 Å². The lowest BCUT2D eigenvalue weighted by Gasteiger charge is -2.20. The quantitative estimate of drug-likeness (QED) is 0.688. The Kier molecular flexibility index (Phi) is 6.81. The minimum Gasteiger partial charge on any atom is -0.491 e. The summed E-state index contributed by atoms with van der Waals surface area (Å²) in [4.78, 5) is 25.6. The number of alkyl halides is 1. The van der Waals surface area contributed by atoms with Crippen LogP contribution < -0.4 is 10.5 Å². The molecule has 10 heteroatoms. The highest BCUT2D eigenvalue weighted by Gasteiger charge is 2.30. The molecule has 1 fully saturated rings. The highest BCUT2D eigenvalue weighted by molar-refractivity contribution is 6.31. The van der Waals surface area contributed by atoms with Crippen LogP contribution in [0.5, 0.6) is 5.75 Å². The maximum absolute atomic E-state index is 13.9. The van der Waals surface area contributed by atoms with Crippen LogP contribution in [0.1, 0.15) is 34.0 Å². The van der Waals surface area contributed by atoms with Crippen molar-refractivity contribution in [2.45, 2.75) is 26.4 Å². The molecule has 1 aromatic carbocycles. The van der Waals surface area contributed by atoms with Crippen LogP contribution in [-0.4, -0.2) is 71.2 Å². The Morgan fingerprint density at radius 1 is 1.27 bits per heavy atom. The Morgan fingerprint density at radius 3 is 2.67 bits per heavy atom. The number of carbonyl (C=O) groups excluding carboxylic acids is 1. The van der Waals surface area contributed by atoms with Crippen LogP contribution in [0.15, 0.2) is 23.9 Å². The summed E-state index contributed by atoms with van der Waals surface area (Å²) < 4.78 is 33.0. The lowest BCUT2D eigenvalue weighted by molar-refractivity contribution is 0.0794. The summed E-state index contributed by atoms with van der Waals surface area (Å²) in [7, 11) is 0. The minimum absolute atomic E-state index is 0.150. The van der Waals surface area contributed by atoms with E-state index < -0.39 is 12.0 Å². The Hall–Kier alpha value is -2.78. The standard InChI is InChI=1S/C23H26ClF2N5O2/c1-13-21(24)14(2)29-22(28-13)18-11-31(12-19(18)27)23(32)17-4-3-15(25)9-20(17)33-8-7-30-6-5-16(26)10-30/h3-4,9,16H,5-8,10-12,27H2,1-2H3/t16-/m0/s1. The zero-order valence-corrected chi connectivity index (χ0v) is 19.3. The average molecular weight is 478 g/mol. The SMILES string of the molecule is Cc1nc(C2=C(N)CN(C(=O)c3ccc(F)cc3OCCN3CC[C@H](F)C3)C2)nc(C)c1Cl. The largest absolute Gasteiger partial charge is 0.491 e. The molecule has 0 aliphatic carbocycles. The smallest absolute Gasteiger partial charge is 0.258 e. The predicted octanol–water partition coefficient (Wildman–Crippen LogP) is 3.13. The third kappa shape index (κ3) is 5.09. The number of likely N-dealkylation sites (tertiary alicyclic amines) is 1. The number of carbonyl (C=O) groups is 1. The van der Waals surface area contributed by atoms with Gasteiger partial charge in [0.25, 0.3) is 5.91 Å². The van der Waals surface area contributed by atoms with Crippen LogP contribution in [0.4, 0.5) is 8.78 Å². The van der Waals surface area contributed by atoms with E-state index in [0.29, 0.717) is 59.6 Å². The fourth-order valence-electron chi connectivity index (χ4n) is 4.08. The van der Waals surface area contributed by atoms with Gasteiger partial charge in [0, 0.05) is 37.0 Å². The highest BCUT2D eigenvalue weighted by Crippen LogP contribution is 2.28. The van der Waals surface area contributed by atoms with Crippen LogP contribution in [0.3, 0.4) is 0 Å². The molecule has 0 bridgehead atoms. The molecule has 4 rings (SSSR count). The number of ether oxygens (including phenoxy) is 1. The number of benzene rings is 1. The summed E-state index contributed by atoms with van der Waals surface area (Å²) in [5.41, 5.74) is 8.88. The Balaban J connectivity index is 1.47. The molecular weight excluding hydrogens is 452 g/mol. The molecule has 1 atom stereocenters. The normalized spacial score (nSPS) is 18.9. The molecule has 0 spiro atoms. The van der Waals surface area contributed by atoms with E-state index >= 15 is 0 Å². The number of hydrogen-bond acceptors (Lipinski definition) is 6. The molecule has 2 N–H and O–H groups in total. The van der Waals surface area contributed by atoms with Gasteiger partial charge in [0.2, 0.25) is 0 Å². The van der Waals surface area contributed by atoms with Gasteiger partial charge < -0.3 is 15.4 Å². The van der Waals surface area contributed by atoms with Gasteiger partial charge in [-0.3, -0.25) is 9.69 Å². The molecule has 3 heterocycles. The van der Waals surface area contributed by atoms with Gasteiger partial charge in [-0.2, -0.15) is 0 Å². The minimum atomic E-state index is -0.823. The highest BCUT2D eigenvalue weighted by atomic mass is 35.5. The monoisotopic (exact) mass is 477 g/mol. The van der Waals surface area contributed by atoms with Gasteiger partial charge in [-0.25, -0.2) is 18.7 Å². The molecule has 1 saturated heterocycles. The van der Waals surface area contributed by atoms with Gasteiger partial charge in [-0.1, -0.05) is 11.6 Å². The Labute approximate surface area is 196 Å². The van der Waals surface area contributed by atoms with E-state index in [1.807, 2.05) is 4.90 Å². The molecule has 176 valence electrons. The van der Waals surface area contributed by atoms with Crippen molar-refractivity contribution in [1.82, 2.24) is 19.8 Å². The lowest BCUT2D eigenvalue weighted by Crippen LogP contribution is -2.31. The first kappa shape index (κ1) is 23.4. The van der Waals surface area contributed by atoms with Crippen molar-refractivity contribution in [2.24, 2.45) is 5.73 Å². The Morgan fingerprint density at radius 2 is 2.00 bits per heavy atom. The summed E-state index contributed by atoms with van der Waals surface area (Å²) in [5.74, 6) is -0.255. The van der Waals surface area contributed by atoms with Gasteiger partial charge in [0.15, 0.2) is 5.82 Å². The van der Waals surface area contributed by atoms with Gasteiger partial charge in [0.05, 0.1) is 35.1 Å². The summed E-state index contributed by atoms with van der Waals surface area (Å²) in [6.45, 7) is 5.73. The molecule has 0 radical (unpaired) electrons. The predicted molar refractivity (Wildman–Crippen MR) is 121 cm³/mol. The molecule has 0 saturated carbocycles. The van der Waals surface area contributed by atoms with E-state index in [1.165, 1.54) is 18.2 Å². The number of aryl methyl sites for hydroxylation is 2. The second-order valence-corrected chi connectivity index (χ2v) is 8.75. The summed E-state index contributed by atoms with van der Waals surface area (Å²) in [6, 6.07) is 3.82. The van der Waals surface area contributed by atoms with E-state index in [1.54, 1.807) is 18.7 Å². The van der Waals surface area contributed by atoms with Crippen LogP contribution >= 0.6 is 11.6 Å². The fourth-order valence-corrected chi connectivity index (χ4v) is 4.17. The van der Waals surface area contributed by atoms with Crippen LogP contribution in [-0.2, 0) is 0 Å². The second kappa shape index (κ2) is 9.61. The molecule has 2 aliphatic rings. The first-order valence-corrected chi connectivity index (χ1v) is 11.2. The second-order valence-electron chi connectivity index (χ2n) is 8.37. The number of halogens is 3. The van der Waals surface area contributed by atoms with E-state index in [-0.39, 0.29) is 36.9 Å². The first-order chi connectivity index (χ1) is 15.7. The first-order valence-electron chi connectivity index (χ1n) is 10.8. The maximum atomic E-state index is 13.9. The molecule has 1 amide bonds. The van der Waals surface area contributed by atoms with E-state index in [0.717, 1.165) is 0 Å². The maximum Gasteiger partial charge on any atom is 0.258 e. The van der Waals surface area contributed by atoms with Gasteiger partial charge in [-0.15, -0.1) is 0 Å². The van der Waals surface area contributed by atoms with Gasteiger partial charge in [0.1, 0.15) is 24.3 Å².